The Morgan fingerprint density at radius 1 is 0.878 bits per heavy atom. The van der Waals surface area contributed by atoms with Crippen LogP contribution in [0.3, 0.4) is 0 Å². The van der Waals surface area contributed by atoms with Gasteiger partial charge in [-0.2, -0.15) is 0 Å². The van der Waals surface area contributed by atoms with Crippen molar-refractivity contribution in [2.75, 3.05) is 40.5 Å². The number of benzene rings is 5. The molecule has 5 aliphatic carbocycles. The lowest BCUT2D eigenvalue weighted by Crippen LogP contribution is -2.64. The van der Waals surface area contributed by atoms with Crippen molar-refractivity contribution < 1.29 is 49.2 Å². The van der Waals surface area contributed by atoms with Gasteiger partial charge >= 0.3 is 0 Å². The Labute approximate surface area is 575 Å². The van der Waals surface area contributed by atoms with Gasteiger partial charge in [0.05, 0.1) is 37.6 Å². The van der Waals surface area contributed by atoms with E-state index in [1.54, 1.807) is 38.5 Å². The van der Waals surface area contributed by atoms with Gasteiger partial charge in [0.25, 0.3) is 0 Å². The van der Waals surface area contributed by atoms with E-state index in [-0.39, 0.29) is 90.0 Å². The number of aliphatic hydroxyl groups excluding tert-OH is 2. The predicted octanol–water partition coefficient (Wildman–Crippen LogP) is 11.6. The molecule has 10 bridgehead atoms. The minimum atomic E-state index is -0.865. The summed E-state index contributed by atoms with van der Waals surface area (Å²) in [6.07, 6.45) is 24.4. The number of guanidine groups is 1. The maximum atomic E-state index is 12.9. The van der Waals surface area contributed by atoms with E-state index in [4.69, 9.17) is 34.4 Å². The predicted molar refractivity (Wildman–Crippen MR) is 379 cm³/mol. The van der Waals surface area contributed by atoms with Crippen LogP contribution < -0.4 is 26.4 Å². The van der Waals surface area contributed by atoms with Crippen LogP contribution >= 0.6 is 0 Å². The number of hydrogen-bond acceptors (Lipinski definition) is 13. The van der Waals surface area contributed by atoms with Crippen LogP contribution in [0.5, 0.6) is 23.0 Å². The fourth-order valence-electron chi connectivity index (χ4n) is 19.4. The summed E-state index contributed by atoms with van der Waals surface area (Å²) in [5.74, 6) is 9.74. The van der Waals surface area contributed by atoms with Crippen LogP contribution in [0, 0.1) is 41.4 Å². The fraction of sp³-hybridized carbons (Fsp3) is 0.476. The highest BCUT2D eigenvalue weighted by Crippen LogP contribution is 2.65. The quantitative estimate of drug-likeness (QED) is 0.0163. The number of nitrogens with two attached hydrogens (primary N) is 1. The van der Waals surface area contributed by atoms with Gasteiger partial charge in [-0.05, 0) is 193 Å². The lowest BCUT2D eigenvalue weighted by Gasteiger charge is -2.63. The fourth-order valence-corrected chi connectivity index (χ4v) is 19.4. The number of hydrogen-bond donors (Lipinski definition) is 9. The molecule has 7 aliphatic heterocycles. The molecule has 0 radical (unpaired) electrons. The molecule has 16 nitrogen and oxygen atoms in total. The van der Waals surface area contributed by atoms with E-state index in [2.05, 4.69) is 93.3 Å². The van der Waals surface area contributed by atoms with E-state index in [1.807, 2.05) is 24.3 Å². The van der Waals surface area contributed by atoms with Crippen LogP contribution in [0.1, 0.15) is 151 Å². The molecule has 1 spiro atoms. The second-order valence-corrected chi connectivity index (χ2v) is 29.6. The Kier molecular flexibility index (Phi) is 17.9. The number of piperidine rings is 1. The number of phenolic OH excluding ortho intramolecular Hbond substituents is 3. The zero-order valence-corrected chi connectivity index (χ0v) is 56.6. The highest BCUT2D eigenvalue weighted by Gasteiger charge is 2.63. The maximum Gasteiger partial charge on any atom is 0.188 e. The highest BCUT2D eigenvalue weighted by atomic mass is 16.5. The summed E-state index contributed by atoms with van der Waals surface area (Å²) in [4.78, 5) is 5.10. The van der Waals surface area contributed by atoms with E-state index in [0.29, 0.717) is 81.1 Å². The van der Waals surface area contributed by atoms with Gasteiger partial charge in [-0.3, -0.25) is 5.32 Å². The summed E-state index contributed by atoms with van der Waals surface area (Å²) >= 11 is 0. The van der Waals surface area contributed by atoms with Crippen molar-refractivity contribution in [2.24, 2.45) is 40.3 Å². The molecule has 10 N–H and O–H groups in total. The zero-order chi connectivity index (χ0) is 66.8. The number of nitrogens with one attached hydrogen (secondary N) is 3. The molecule has 1 aromatic heterocycles. The molecule has 11 unspecified atom stereocenters. The van der Waals surface area contributed by atoms with E-state index in [1.165, 1.54) is 28.7 Å². The van der Waals surface area contributed by atoms with Gasteiger partial charge in [0.2, 0.25) is 0 Å². The summed E-state index contributed by atoms with van der Waals surface area (Å²) in [7, 11) is 3.46. The van der Waals surface area contributed by atoms with Crippen LogP contribution in [0.2, 0.25) is 0 Å². The van der Waals surface area contributed by atoms with Crippen molar-refractivity contribution in [3.63, 3.8) is 0 Å². The first kappa shape index (κ1) is 64.8. The summed E-state index contributed by atoms with van der Waals surface area (Å²) in [6.45, 7) is 1.99. The van der Waals surface area contributed by atoms with Crippen LogP contribution in [-0.2, 0) is 69.7 Å². The van der Waals surface area contributed by atoms with Crippen molar-refractivity contribution >= 4 is 28.6 Å². The Balaban J connectivity index is 0.910. The van der Waals surface area contributed by atoms with Crippen molar-refractivity contribution in [2.45, 2.75) is 177 Å². The number of fused-ring (bicyclic) bond motifs is 7. The first-order valence-corrected chi connectivity index (χ1v) is 36.3. The molecule has 16 heteroatoms. The summed E-state index contributed by atoms with van der Waals surface area (Å²) < 4.78 is 36.3. The Hall–Kier alpha value is -7.85. The number of aromatic hydroxyl groups is 3. The molecule has 8 heterocycles. The molecule has 0 amide bonds. The lowest BCUT2D eigenvalue weighted by molar-refractivity contribution is -0.193. The third-order valence-electron chi connectivity index (χ3n) is 24.1. The number of rotatable bonds is 14. The van der Waals surface area contributed by atoms with Gasteiger partial charge in [0.15, 0.2) is 17.5 Å². The molecule has 5 aromatic carbocycles. The molecule has 6 aromatic rings. The van der Waals surface area contributed by atoms with E-state index in [9.17, 15) is 25.5 Å². The molecule has 98 heavy (non-hydrogen) atoms. The summed E-state index contributed by atoms with van der Waals surface area (Å²) in [6, 6.07) is 26.8. The van der Waals surface area contributed by atoms with Crippen molar-refractivity contribution in [1.82, 2.24) is 20.5 Å². The van der Waals surface area contributed by atoms with Crippen molar-refractivity contribution in [1.29, 1.82) is 0 Å². The molecule has 2 saturated heterocycles. The highest BCUT2D eigenvalue weighted by molar-refractivity contribution is 5.89. The molecule has 11 atom stereocenters. The van der Waals surface area contributed by atoms with Crippen LogP contribution in [0.25, 0.3) is 22.7 Å². The van der Waals surface area contributed by atoms with E-state index >= 15 is 0 Å². The number of methoxy groups -OCH3 is 2. The number of phenols is 3. The molecular formula is C82H94N6O10. The molecule has 12 aliphatic rings. The first-order chi connectivity index (χ1) is 47.9. The Morgan fingerprint density at radius 2 is 1.73 bits per heavy atom. The second kappa shape index (κ2) is 27.0. The largest absolute Gasteiger partial charge is 0.508 e. The monoisotopic (exact) mass is 1320 g/mol. The van der Waals surface area contributed by atoms with Crippen LogP contribution in [0.15, 0.2) is 131 Å². The number of ether oxygens (including phenoxy) is 5. The third-order valence-corrected chi connectivity index (χ3v) is 24.1. The number of aliphatic hydroxyl groups is 2. The molecule has 1 saturated carbocycles. The zero-order valence-electron chi connectivity index (χ0n) is 56.6. The number of aromatic nitrogens is 1. The van der Waals surface area contributed by atoms with Gasteiger partial charge in [-0.25, -0.2) is 4.99 Å². The smallest absolute Gasteiger partial charge is 0.188 e. The minimum absolute atomic E-state index is 0.0353. The van der Waals surface area contributed by atoms with Gasteiger partial charge in [-0.1, -0.05) is 97.9 Å². The molecule has 3 fully saturated rings. The van der Waals surface area contributed by atoms with Crippen molar-refractivity contribution in [3.05, 3.63) is 187 Å². The first-order valence-electron chi connectivity index (χ1n) is 36.3. The average Bonchev–Trinajstić information content (AvgIpc) is 0.797. The lowest BCUT2D eigenvalue weighted by atomic mass is 9.45. The normalized spacial score (nSPS) is 28.2. The van der Waals surface area contributed by atoms with Crippen LogP contribution in [0.4, 0.5) is 0 Å². The van der Waals surface area contributed by atoms with Crippen molar-refractivity contribution in [3.8, 4) is 34.8 Å². The topological polar surface area (TPSA) is 227 Å². The van der Waals surface area contributed by atoms with Gasteiger partial charge in [0, 0.05) is 109 Å². The molecule has 18 rings (SSSR count). The Bertz CT molecular complexity index is 4280. The summed E-state index contributed by atoms with van der Waals surface area (Å²) in [5, 5.41) is 71.1. The van der Waals surface area contributed by atoms with Crippen LogP contribution in [-0.4, -0.2) is 113 Å². The average molecular weight is 1320 g/mol. The molecular weight excluding hydrogens is 1230 g/mol. The standard InChI is InChI=1S/C82H94N6O10/c1-94-32-8-31-84-80(83)85-42-56-36-54-18-15-48(13-14-49-17-26-68(91)55(33-49)34-50-9-6-12-62(90)35-50)16-23-63-65-25-28-73(95-2)86-78(65)87-79-74(63)76(56)98-71(54)41-69(92)53-20-24-64-66(39-53)58(45-89)40-70(93)77(64)96-46-59-38-61(37-57-43-88(79)44-67(57)59)82-60-22-19-51-10-7-11-52(75(51)82)21-27-72(82)81(97-47-60)29-4-3-5-30-81/h6-7,9-12,17,20,24,26,33,35-38,40,43-44,48,53-54,60,69,71-73,76,78,86-87,89-93H,3-5,8,13-15,18-19,21-22,25,27-32,34,39,41-42,45-47H2,1-2H3,(H3,83,84,85). The molecule has 512 valence electrons. The second-order valence-electron chi connectivity index (χ2n) is 29.6. The number of dihydropyridines is 1. The number of aliphatic imine (C=N–C) groups is 1. The van der Waals surface area contributed by atoms with Gasteiger partial charge in [-0.15, -0.1) is 0 Å². The van der Waals surface area contributed by atoms with Gasteiger partial charge < -0.3 is 70.2 Å². The summed E-state index contributed by atoms with van der Waals surface area (Å²) in [5.41, 5.74) is 21.8. The SMILES string of the molecule is COCCCNC(N)=NCC1=CC2CCC(CCc3ccc(O)c(Cc4cccc(O)c4)c3)C#CC3=C4CCC(OC)NC4NC4=C3C1OC2CC(O)C1C=Cc2c(c(CO)cc(O)c2OCc2cc(C35c6c7cccc6CCC3C3(CCCCC3)OCC5CC7)cc3cn4cc23)C1. The van der Waals surface area contributed by atoms with E-state index < -0.39 is 18.3 Å². The van der Waals surface area contributed by atoms with E-state index in [0.717, 1.165) is 144 Å². The number of nitrogens with zero attached hydrogens (tertiary/aromatic N) is 2. The van der Waals surface area contributed by atoms with Gasteiger partial charge in [0.1, 0.15) is 42.4 Å². The maximum absolute atomic E-state index is 12.9. The number of aryl methyl sites for hydroxylation is 3. The minimum Gasteiger partial charge on any atom is -0.508 e. The third kappa shape index (κ3) is 11.8. The Morgan fingerprint density at radius 3 is 2.57 bits per heavy atom.